The van der Waals surface area contributed by atoms with Gasteiger partial charge in [-0.15, -0.1) is 0 Å². The molecule has 3 aromatic carbocycles. The molecule has 40 heavy (non-hydrogen) atoms. The summed E-state index contributed by atoms with van der Waals surface area (Å²) < 4.78 is 29.3. The average molecular weight is 571 g/mol. The van der Waals surface area contributed by atoms with Gasteiger partial charge in [0.1, 0.15) is 0 Å². The molecule has 0 N–H and O–H groups in total. The second-order valence-electron chi connectivity index (χ2n) is 9.58. The van der Waals surface area contributed by atoms with Crippen molar-refractivity contribution in [2.45, 2.75) is 38.8 Å². The monoisotopic (exact) mass is 570 g/mol. The van der Waals surface area contributed by atoms with Crippen molar-refractivity contribution in [2.75, 3.05) is 11.4 Å². The van der Waals surface area contributed by atoms with Gasteiger partial charge in [0.05, 0.1) is 27.4 Å². The third-order valence-electron chi connectivity index (χ3n) is 6.62. The molecule has 0 unspecified atom stereocenters. The molecule has 2 aromatic heterocycles. The van der Waals surface area contributed by atoms with Gasteiger partial charge in [-0.1, -0.05) is 60.7 Å². The van der Waals surface area contributed by atoms with E-state index in [0.717, 1.165) is 32.6 Å². The third kappa shape index (κ3) is 5.82. The summed E-state index contributed by atoms with van der Waals surface area (Å²) in [6.45, 7) is 6.71. The molecule has 204 valence electrons. The molecule has 0 saturated carbocycles. The van der Waals surface area contributed by atoms with Crippen molar-refractivity contribution in [3.8, 4) is 0 Å². The van der Waals surface area contributed by atoms with Crippen molar-refractivity contribution in [3.63, 3.8) is 0 Å². The van der Waals surface area contributed by atoms with Gasteiger partial charge in [-0.05, 0) is 73.0 Å². The minimum Gasteiger partial charge on any atom is -0.278 e. The zero-order chi connectivity index (χ0) is 28.3. The number of nitrogens with zero attached hydrogens (tertiary/aromatic N) is 4. The van der Waals surface area contributed by atoms with Crippen molar-refractivity contribution in [1.82, 2.24) is 14.3 Å². The predicted octanol–water partition coefficient (Wildman–Crippen LogP) is 6.37. The van der Waals surface area contributed by atoms with E-state index in [2.05, 4.69) is 11.1 Å². The van der Waals surface area contributed by atoms with Crippen LogP contribution >= 0.6 is 11.3 Å². The van der Waals surface area contributed by atoms with Gasteiger partial charge in [-0.3, -0.25) is 14.7 Å². The largest absolute Gasteiger partial charge is 0.278 e. The molecule has 0 fully saturated rings. The standard InChI is InChI=1S/C31H30N4O3S2/c1-4-34(20-24-10-6-5-7-11-24)40(37,38)27-15-13-25(14-16-27)30(36)35(21-26-12-8-9-17-32-26)31-33-28-19-22(2)18-23(3)29(28)39-31/h5-19H,4,20-21H2,1-3H3. The number of fused-ring (bicyclic) bond motifs is 1. The Morgan fingerprint density at radius 3 is 2.30 bits per heavy atom. The number of carbonyl (C=O) groups excluding carboxylic acids is 1. The van der Waals surface area contributed by atoms with Crippen LogP contribution in [-0.4, -0.2) is 35.1 Å². The average Bonchev–Trinajstić information content (AvgIpc) is 3.39. The minimum absolute atomic E-state index is 0.143. The van der Waals surface area contributed by atoms with E-state index in [9.17, 15) is 13.2 Å². The topological polar surface area (TPSA) is 83.5 Å². The molecule has 0 aliphatic rings. The molecule has 0 spiro atoms. The number of rotatable bonds is 9. The Morgan fingerprint density at radius 2 is 1.62 bits per heavy atom. The van der Waals surface area contributed by atoms with E-state index < -0.39 is 10.0 Å². The Morgan fingerprint density at radius 1 is 0.900 bits per heavy atom. The Hall–Kier alpha value is -3.92. The molecule has 1 amide bonds. The van der Waals surface area contributed by atoms with Crippen LogP contribution in [0, 0.1) is 13.8 Å². The molecule has 5 aromatic rings. The first-order valence-electron chi connectivity index (χ1n) is 13.0. The van der Waals surface area contributed by atoms with Crippen LogP contribution in [0.3, 0.4) is 0 Å². The lowest BCUT2D eigenvalue weighted by Crippen LogP contribution is -2.31. The molecule has 2 heterocycles. The van der Waals surface area contributed by atoms with Crippen LogP contribution in [0.15, 0.2) is 96.0 Å². The Bertz CT molecular complexity index is 1740. The minimum atomic E-state index is -3.75. The van der Waals surface area contributed by atoms with Gasteiger partial charge in [0.2, 0.25) is 10.0 Å². The lowest BCUT2D eigenvalue weighted by Gasteiger charge is -2.22. The SMILES string of the molecule is CCN(Cc1ccccc1)S(=O)(=O)c1ccc(C(=O)N(Cc2ccccn2)c2nc3cc(C)cc(C)c3s2)cc1. The number of aryl methyl sites for hydroxylation is 2. The number of aromatic nitrogens is 2. The summed E-state index contributed by atoms with van der Waals surface area (Å²) >= 11 is 1.46. The highest BCUT2D eigenvalue weighted by Crippen LogP contribution is 2.33. The van der Waals surface area contributed by atoms with Gasteiger partial charge in [0, 0.05) is 24.8 Å². The Kier molecular flexibility index (Phi) is 8.07. The maximum absolute atomic E-state index is 13.9. The summed E-state index contributed by atoms with van der Waals surface area (Å²) in [6.07, 6.45) is 1.69. The van der Waals surface area contributed by atoms with Crippen LogP contribution in [0.1, 0.15) is 39.7 Å². The summed E-state index contributed by atoms with van der Waals surface area (Å²) in [6, 6.07) is 25.3. The van der Waals surface area contributed by atoms with Gasteiger partial charge in [-0.25, -0.2) is 13.4 Å². The third-order valence-corrected chi connectivity index (χ3v) is 9.79. The lowest BCUT2D eigenvalue weighted by molar-refractivity contribution is 0.0984. The van der Waals surface area contributed by atoms with E-state index in [1.807, 2.05) is 75.4 Å². The smallest absolute Gasteiger partial charge is 0.260 e. The van der Waals surface area contributed by atoms with E-state index in [0.29, 0.717) is 17.2 Å². The second-order valence-corrected chi connectivity index (χ2v) is 12.5. The highest BCUT2D eigenvalue weighted by Gasteiger charge is 2.26. The number of pyridine rings is 1. The predicted molar refractivity (Wildman–Crippen MR) is 160 cm³/mol. The van der Waals surface area contributed by atoms with E-state index in [-0.39, 0.29) is 23.9 Å². The summed E-state index contributed by atoms with van der Waals surface area (Å²) in [7, 11) is -3.75. The zero-order valence-corrected chi connectivity index (χ0v) is 24.2. The lowest BCUT2D eigenvalue weighted by atomic mass is 10.1. The number of benzene rings is 3. The number of anilines is 1. The number of thiazole rings is 1. The fraction of sp³-hybridized carbons (Fsp3) is 0.194. The molecule has 5 rings (SSSR count). The number of amides is 1. The second kappa shape index (κ2) is 11.7. The first-order chi connectivity index (χ1) is 19.3. The summed E-state index contributed by atoms with van der Waals surface area (Å²) in [5, 5.41) is 0.566. The quantitative estimate of drug-likeness (QED) is 0.206. The van der Waals surface area contributed by atoms with E-state index in [1.165, 1.54) is 27.8 Å². The first-order valence-corrected chi connectivity index (χ1v) is 15.3. The van der Waals surface area contributed by atoms with Crippen molar-refractivity contribution >= 4 is 42.6 Å². The fourth-order valence-electron chi connectivity index (χ4n) is 4.59. The highest BCUT2D eigenvalue weighted by atomic mass is 32.2. The highest BCUT2D eigenvalue weighted by molar-refractivity contribution is 7.89. The first kappa shape index (κ1) is 27.6. The number of carbonyl (C=O) groups is 1. The van der Waals surface area contributed by atoms with Crippen molar-refractivity contribution in [1.29, 1.82) is 0 Å². The molecule has 9 heteroatoms. The molecule has 0 aliphatic carbocycles. The van der Waals surface area contributed by atoms with Crippen molar-refractivity contribution in [3.05, 3.63) is 119 Å². The maximum atomic E-state index is 13.9. The molecule has 0 radical (unpaired) electrons. The van der Waals surface area contributed by atoms with E-state index in [1.54, 1.807) is 23.2 Å². The normalized spacial score (nSPS) is 11.7. The molecule has 0 atom stereocenters. The van der Waals surface area contributed by atoms with Crippen LogP contribution in [0.5, 0.6) is 0 Å². The van der Waals surface area contributed by atoms with Gasteiger partial charge in [0.25, 0.3) is 5.91 Å². The number of hydrogen-bond acceptors (Lipinski definition) is 6. The van der Waals surface area contributed by atoms with Crippen LogP contribution in [0.2, 0.25) is 0 Å². The molecule has 7 nitrogen and oxygen atoms in total. The van der Waals surface area contributed by atoms with Crippen LogP contribution < -0.4 is 4.90 Å². The van der Waals surface area contributed by atoms with Crippen LogP contribution in [0.4, 0.5) is 5.13 Å². The molecule has 0 saturated heterocycles. The van der Waals surface area contributed by atoms with E-state index in [4.69, 9.17) is 4.98 Å². The van der Waals surface area contributed by atoms with E-state index >= 15 is 0 Å². The van der Waals surface area contributed by atoms with Crippen LogP contribution in [-0.2, 0) is 23.1 Å². The number of hydrogen-bond donors (Lipinski definition) is 0. The Balaban J connectivity index is 1.46. The molecule has 0 aliphatic heterocycles. The Labute approximate surface area is 238 Å². The van der Waals surface area contributed by atoms with Crippen molar-refractivity contribution in [2.24, 2.45) is 0 Å². The number of sulfonamides is 1. The van der Waals surface area contributed by atoms with Gasteiger partial charge < -0.3 is 0 Å². The van der Waals surface area contributed by atoms with Crippen LogP contribution in [0.25, 0.3) is 10.2 Å². The zero-order valence-electron chi connectivity index (χ0n) is 22.6. The summed E-state index contributed by atoms with van der Waals surface area (Å²) in [5.74, 6) is -0.278. The van der Waals surface area contributed by atoms with Gasteiger partial charge in [-0.2, -0.15) is 4.31 Å². The van der Waals surface area contributed by atoms with Gasteiger partial charge >= 0.3 is 0 Å². The molecule has 0 bridgehead atoms. The maximum Gasteiger partial charge on any atom is 0.260 e. The molecular formula is C31H30N4O3S2. The summed E-state index contributed by atoms with van der Waals surface area (Å²) in [4.78, 5) is 24.8. The fourth-order valence-corrected chi connectivity index (χ4v) is 7.04. The molecular weight excluding hydrogens is 541 g/mol. The summed E-state index contributed by atoms with van der Waals surface area (Å²) in [5.41, 5.74) is 5.06. The van der Waals surface area contributed by atoms with Gasteiger partial charge in [0.15, 0.2) is 5.13 Å². The van der Waals surface area contributed by atoms with Crippen molar-refractivity contribution < 1.29 is 13.2 Å².